The minimum atomic E-state index is -4.75. The summed E-state index contributed by atoms with van der Waals surface area (Å²) in [6, 6.07) is 5.73. The van der Waals surface area contributed by atoms with E-state index in [0.717, 1.165) is 26.1 Å². The van der Waals surface area contributed by atoms with Crippen LogP contribution in [-0.4, -0.2) is 43.4 Å². The number of nitrogens with one attached hydrogen (secondary N) is 1. The van der Waals surface area contributed by atoms with E-state index < -0.39 is 6.36 Å². The van der Waals surface area contributed by atoms with Crippen LogP contribution in [-0.2, 0) is 0 Å². The Morgan fingerprint density at radius 2 is 2.17 bits per heavy atom. The zero-order chi connectivity index (χ0) is 16.9. The second-order valence-corrected chi connectivity index (χ2v) is 5.44. The molecule has 0 amide bonds. The molecule has 1 aromatic carbocycles. The molecule has 2 rings (SSSR count). The Balaban J connectivity index is 1.94. The van der Waals surface area contributed by atoms with Crippen LogP contribution in [0.3, 0.4) is 0 Å². The van der Waals surface area contributed by atoms with E-state index in [-0.39, 0.29) is 17.4 Å². The minimum Gasteiger partial charge on any atom is -0.404 e. The van der Waals surface area contributed by atoms with Crippen molar-refractivity contribution in [2.45, 2.75) is 19.7 Å². The third-order valence-corrected chi connectivity index (χ3v) is 3.71. The summed E-state index contributed by atoms with van der Waals surface area (Å²) in [7, 11) is 0. The van der Waals surface area contributed by atoms with Crippen molar-refractivity contribution in [3.05, 3.63) is 24.3 Å². The fraction of sp³-hybridized carbons (Fsp3) is 0.533. The summed E-state index contributed by atoms with van der Waals surface area (Å²) in [5.41, 5.74) is 5.90. The highest BCUT2D eigenvalue weighted by atomic mass is 19.4. The lowest BCUT2D eigenvalue weighted by Gasteiger charge is -2.14. The van der Waals surface area contributed by atoms with Crippen LogP contribution >= 0.6 is 0 Å². The molecule has 128 valence electrons. The van der Waals surface area contributed by atoms with Crippen molar-refractivity contribution in [3.8, 4) is 5.75 Å². The van der Waals surface area contributed by atoms with Gasteiger partial charge in [-0.15, -0.1) is 13.2 Å². The van der Waals surface area contributed by atoms with E-state index in [1.54, 1.807) is 6.07 Å². The number of rotatable bonds is 5. The van der Waals surface area contributed by atoms with Crippen LogP contribution in [0.15, 0.2) is 29.3 Å². The maximum Gasteiger partial charge on any atom is 0.573 e. The first-order valence-electron chi connectivity index (χ1n) is 7.51. The molecule has 1 atom stereocenters. The number of likely N-dealkylation sites (tertiary alicyclic amines) is 1. The van der Waals surface area contributed by atoms with Crippen LogP contribution in [0.25, 0.3) is 0 Å². The number of alkyl halides is 3. The first-order valence-corrected chi connectivity index (χ1v) is 7.51. The summed E-state index contributed by atoms with van der Waals surface area (Å²) in [4.78, 5) is 6.56. The number of para-hydroxylation sites is 2. The van der Waals surface area contributed by atoms with Gasteiger partial charge in [-0.2, -0.15) is 0 Å². The monoisotopic (exact) mass is 330 g/mol. The summed E-state index contributed by atoms with van der Waals surface area (Å²) in [5.74, 6) is 0.173. The second kappa shape index (κ2) is 7.54. The van der Waals surface area contributed by atoms with Gasteiger partial charge in [-0.25, -0.2) is 0 Å². The zero-order valence-electron chi connectivity index (χ0n) is 12.9. The van der Waals surface area contributed by atoms with E-state index in [2.05, 4.69) is 26.9 Å². The SMILES string of the molecule is CCN1CCC(CN=C(N)Nc2ccccc2OC(F)(F)F)C1. The molecule has 1 saturated heterocycles. The van der Waals surface area contributed by atoms with E-state index in [4.69, 9.17) is 5.73 Å². The molecule has 0 bridgehead atoms. The predicted octanol–water partition coefficient (Wildman–Crippen LogP) is 2.65. The zero-order valence-corrected chi connectivity index (χ0v) is 12.9. The van der Waals surface area contributed by atoms with Gasteiger partial charge in [-0.3, -0.25) is 4.99 Å². The van der Waals surface area contributed by atoms with Gasteiger partial charge in [0.2, 0.25) is 0 Å². The van der Waals surface area contributed by atoms with E-state index in [9.17, 15) is 13.2 Å². The summed E-state index contributed by atoms with van der Waals surface area (Å²) >= 11 is 0. The van der Waals surface area contributed by atoms with Gasteiger partial charge in [0.1, 0.15) is 0 Å². The van der Waals surface area contributed by atoms with Crippen molar-refractivity contribution in [2.24, 2.45) is 16.6 Å². The number of hydrogen-bond acceptors (Lipinski definition) is 3. The number of ether oxygens (including phenoxy) is 1. The molecule has 8 heteroatoms. The molecular formula is C15H21F3N4O. The van der Waals surface area contributed by atoms with Crippen LogP contribution < -0.4 is 15.8 Å². The number of anilines is 1. The van der Waals surface area contributed by atoms with E-state index in [1.165, 1.54) is 18.2 Å². The number of guanidine groups is 1. The molecule has 0 spiro atoms. The van der Waals surface area contributed by atoms with Gasteiger partial charge in [-0.1, -0.05) is 19.1 Å². The molecule has 1 aromatic rings. The number of hydrogen-bond donors (Lipinski definition) is 2. The van der Waals surface area contributed by atoms with Crippen molar-refractivity contribution in [3.63, 3.8) is 0 Å². The molecule has 5 nitrogen and oxygen atoms in total. The second-order valence-electron chi connectivity index (χ2n) is 5.44. The largest absolute Gasteiger partial charge is 0.573 e. The Hall–Kier alpha value is -1.96. The molecule has 0 aliphatic carbocycles. The highest BCUT2D eigenvalue weighted by Gasteiger charge is 2.32. The lowest BCUT2D eigenvalue weighted by molar-refractivity contribution is -0.274. The van der Waals surface area contributed by atoms with Crippen molar-refractivity contribution in [1.82, 2.24) is 4.90 Å². The topological polar surface area (TPSA) is 62.9 Å². The molecule has 1 fully saturated rings. The lowest BCUT2D eigenvalue weighted by atomic mass is 10.1. The van der Waals surface area contributed by atoms with E-state index in [0.29, 0.717) is 12.5 Å². The van der Waals surface area contributed by atoms with Gasteiger partial charge >= 0.3 is 6.36 Å². The molecule has 0 saturated carbocycles. The number of aliphatic imine (C=N–C) groups is 1. The average Bonchev–Trinajstić information content (AvgIpc) is 2.94. The number of nitrogens with zero attached hydrogens (tertiary/aromatic N) is 2. The van der Waals surface area contributed by atoms with Crippen LogP contribution in [0, 0.1) is 5.92 Å². The third kappa shape index (κ3) is 5.63. The van der Waals surface area contributed by atoms with Gasteiger partial charge in [0.05, 0.1) is 5.69 Å². The molecule has 1 unspecified atom stereocenters. The van der Waals surface area contributed by atoms with Crippen LogP contribution in [0.2, 0.25) is 0 Å². The van der Waals surface area contributed by atoms with Gasteiger partial charge in [0.25, 0.3) is 0 Å². The van der Waals surface area contributed by atoms with Gasteiger partial charge in [0.15, 0.2) is 11.7 Å². The Labute approximate surface area is 133 Å². The Kier molecular flexibility index (Phi) is 5.70. The van der Waals surface area contributed by atoms with Crippen LogP contribution in [0.4, 0.5) is 18.9 Å². The molecule has 23 heavy (non-hydrogen) atoms. The van der Waals surface area contributed by atoms with E-state index >= 15 is 0 Å². The van der Waals surface area contributed by atoms with Gasteiger partial charge < -0.3 is 20.7 Å². The smallest absolute Gasteiger partial charge is 0.404 e. The van der Waals surface area contributed by atoms with Crippen molar-refractivity contribution < 1.29 is 17.9 Å². The molecule has 0 radical (unpaired) electrons. The molecule has 1 heterocycles. The summed E-state index contributed by atoms with van der Waals surface area (Å²) in [6.45, 7) is 5.69. The Morgan fingerprint density at radius 3 is 2.83 bits per heavy atom. The van der Waals surface area contributed by atoms with Crippen LogP contribution in [0.1, 0.15) is 13.3 Å². The molecule has 1 aliphatic heterocycles. The molecule has 0 aromatic heterocycles. The van der Waals surface area contributed by atoms with Crippen molar-refractivity contribution >= 4 is 11.6 Å². The summed E-state index contributed by atoms with van der Waals surface area (Å²) < 4.78 is 41.1. The third-order valence-electron chi connectivity index (χ3n) is 3.71. The maximum atomic E-state index is 12.4. The number of halogens is 3. The average molecular weight is 330 g/mol. The maximum absolute atomic E-state index is 12.4. The first-order chi connectivity index (χ1) is 10.9. The normalized spacial score (nSPS) is 19.8. The highest BCUT2D eigenvalue weighted by molar-refractivity contribution is 5.93. The first kappa shape index (κ1) is 17.4. The van der Waals surface area contributed by atoms with Crippen LogP contribution in [0.5, 0.6) is 5.75 Å². The van der Waals surface area contributed by atoms with Gasteiger partial charge in [0, 0.05) is 13.1 Å². The summed E-state index contributed by atoms with van der Waals surface area (Å²) in [5, 5.41) is 2.67. The quantitative estimate of drug-likeness (QED) is 0.644. The lowest BCUT2D eigenvalue weighted by Crippen LogP contribution is -2.26. The van der Waals surface area contributed by atoms with E-state index in [1.807, 2.05) is 0 Å². The fourth-order valence-corrected chi connectivity index (χ4v) is 2.54. The summed E-state index contributed by atoms with van der Waals surface area (Å²) in [6.07, 6.45) is -3.70. The fourth-order valence-electron chi connectivity index (χ4n) is 2.54. The standard InChI is InChI=1S/C15H21F3N4O/c1-2-22-8-7-11(10-22)9-20-14(19)21-12-5-3-4-6-13(12)23-15(16,17)18/h3-6,11H,2,7-10H2,1H3,(H3,19,20,21). The molecule has 1 aliphatic rings. The predicted molar refractivity (Wildman–Crippen MR) is 83.5 cm³/mol. The number of benzene rings is 1. The minimum absolute atomic E-state index is 0.0816. The highest BCUT2D eigenvalue weighted by Crippen LogP contribution is 2.29. The molecule has 3 N–H and O–H groups in total. The Morgan fingerprint density at radius 1 is 1.43 bits per heavy atom. The number of nitrogens with two attached hydrogens (primary N) is 1. The van der Waals surface area contributed by atoms with Crippen molar-refractivity contribution in [1.29, 1.82) is 0 Å². The van der Waals surface area contributed by atoms with Crippen molar-refractivity contribution in [2.75, 3.05) is 31.5 Å². The van der Waals surface area contributed by atoms with Gasteiger partial charge in [-0.05, 0) is 37.6 Å². The Bertz CT molecular complexity index is 548. The molecular weight excluding hydrogens is 309 g/mol.